The minimum absolute atomic E-state index is 0.0772. The maximum Gasteiger partial charge on any atom is 0.239 e. The van der Waals surface area contributed by atoms with Crippen LogP contribution in [0.5, 0.6) is 11.6 Å². The molecular weight excluding hydrogens is 218 g/mol. The highest BCUT2D eigenvalue weighted by Gasteiger charge is 2.04. The van der Waals surface area contributed by atoms with Crippen LogP contribution < -0.4 is 10.5 Å². The molecule has 88 valence electrons. The van der Waals surface area contributed by atoms with Gasteiger partial charge in [-0.05, 0) is 24.1 Å². The molecule has 0 aliphatic heterocycles. The van der Waals surface area contributed by atoms with E-state index in [1.807, 2.05) is 24.3 Å². The number of hydrogen-bond acceptors (Lipinski definition) is 5. The summed E-state index contributed by atoms with van der Waals surface area (Å²) in [6.07, 6.45) is 0.540. The summed E-state index contributed by atoms with van der Waals surface area (Å²) in [4.78, 5) is 0. The van der Waals surface area contributed by atoms with E-state index in [4.69, 9.17) is 15.6 Å². The molecule has 0 unspecified atom stereocenters. The average molecular weight is 231 g/mol. The number of nitrogen functional groups attached to an aromatic ring is 1. The number of anilines is 1. The Balaban J connectivity index is 2.20. The number of aliphatic hydroxyl groups is 1. The standard InChI is InChI=1S/C12H13N3O2/c13-11-5-6-12(15-14-11)17-10-4-2-1-3-9(10)7-8-16/h1-6,16H,7-8H2,(H2,13,14). The molecule has 1 aromatic carbocycles. The zero-order valence-electron chi connectivity index (χ0n) is 9.21. The van der Waals surface area contributed by atoms with Gasteiger partial charge in [0.2, 0.25) is 5.88 Å². The summed E-state index contributed by atoms with van der Waals surface area (Å²) in [6.45, 7) is 0.0772. The zero-order valence-corrected chi connectivity index (χ0v) is 9.21. The third-order valence-corrected chi connectivity index (χ3v) is 2.23. The van der Waals surface area contributed by atoms with Crippen LogP contribution in [-0.4, -0.2) is 21.9 Å². The Hall–Kier alpha value is -2.14. The number of aromatic nitrogens is 2. The molecule has 5 nitrogen and oxygen atoms in total. The van der Waals surface area contributed by atoms with Crippen molar-refractivity contribution in [2.75, 3.05) is 12.3 Å². The Morgan fingerprint density at radius 3 is 2.65 bits per heavy atom. The molecule has 0 radical (unpaired) electrons. The molecule has 0 aliphatic rings. The van der Waals surface area contributed by atoms with E-state index < -0.39 is 0 Å². The van der Waals surface area contributed by atoms with Crippen LogP contribution in [0.3, 0.4) is 0 Å². The molecule has 1 aromatic heterocycles. The molecular formula is C12H13N3O2. The highest BCUT2D eigenvalue weighted by molar-refractivity contribution is 5.37. The van der Waals surface area contributed by atoms with Crippen molar-refractivity contribution in [2.24, 2.45) is 0 Å². The Morgan fingerprint density at radius 2 is 1.94 bits per heavy atom. The molecule has 3 N–H and O–H groups in total. The van der Waals surface area contributed by atoms with Crippen LogP contribution in [0, 0.1) is 0 Å². The number of nitrogens with zero attached hydrogens (tertiary/aromatic N) is 2. The van der Waals surface area contributed by atoms with Crippen molar-refractivity contribution in [3.63, 3.8) is 0 Å². The molecule has 0 aliphatic carbocycles. The molecule has 0 spiro atoms. The fourth-order valence-corrected chi connectivity index (χ4v) is 1.43. The molecule has 0 saturated carbocycles. The number of benzene rings is 1. The lowest BCUT2D eigenvalue weighted by Crippen LogP contribution is -1.98. The first-order valence-electron chi connectivity index (χ1n) is 5.25. The van der Waals surface area contributed by atoms with E-state index in [-0.39, 0.29) is 6.61 Å². The fourth-order valence-electron chi connectivity index (χ4n) is 1.43. The van der Waals surface area contributed by atoms with Crippen LogP contribution in [-0.2, 0) is 6.42 Å². The molecule has 0 fully saturated rings. The van der Waals surface area contributed by atoms with Crippen molar-refractivity contribution >= 4 is 5.82 Å². The summed E-state index contributed by atoms with van der Waals surface area (Å²) in [5.41, 5.74) is 6.36. The number of aliphatic hydroxyl groups excluding tert-OH is 1. The van der Waals surface area contributed by atoms with Gasteiger partial charge in [-0.15, -0.1) is 10.2 Å². The Kier molecular flexibility index (Phi) is 3.52. The number of para-hydroxylation sites is 1. The van der Waals surface area contributed by atoms with E-state index in [0.717, 1.165) is 5.56 Å². The van der Waals surface area contributed by atoms with Gasteiger partial charge in [0, 0.05) is 12.7 Å². The summed E-state index contributed by atoms with van der Waals surface area (Å²) in [5.74, 6) is 1.39. The summed E-state index contributed by atoms with van der Waals surface area (Å²) in [7, 11) is 0. The second-order valence-corrected chi connectivity index (χ2v) is 3.48. The van der Waals surface area contributed by atoms with Gasteiger partial charge in [-0.1, -0.05) is 18.2 Å². The molecule has 5 heteroatoms. The molecule has 0 amide bonds. The first-order valence-corrected chi connectivity index (χ1v) is 5.25. The van der Waals surface area contributed by atoms with Crippen LogP contribution in [0.1, 0.15) is 5.56 Å². The third-order valence-electron chi connectivity index (χ3n) is 2.23. The molecule has 1 heterocycles. The smallest absolute Gasteiger partial charge is 0.239 e. The molecule has 0 bridgehead atoms. The Labute approximate surface area is 98.9 Å². The van der Waals surface area contributed by atoms with Crippen molar-refractivity contribution in [1.82, 2.24) is 10.2 Å². The molecule has 0 atom stereocenters. The number of hydrogen-bond donors (Lipinski definition) is 2. The average Bonchev–Trinajstić information content (AvgIpc) is 2.35. The van der Waals surface area contributed by atoms with Crippen LogP contribution in [0.4, 0.5) is 5.82 Å². The quantitative estimate of drug-likeness (QED) is 0.830. The van der Waals surface area contributed by atoms with Gasteiger partial charge in [0.1, 0.15) is 11.6 Å². The van der Waals surface area contributed by atoms with Gasteiger partial charge in [0.15, 0.2) is 0 Å². The van der Waals surface area contributed by atoms with Gasteiger partial charge in [0.05, 0.1) is 0 Å². The van der Waals surface area contributed by atoms with Crippen LogP contribution in [0.25, 0.3) is 0 Å². The maximum atomic E-state index is 8.95. The van der Waals surface area contributed by atoms with E-state index in [1.165, 1.54) is 0 Å². The zero-order chi connectivity index (χ0) is 12.1. The summed E-state index contributed by atoms with van der Waals surface area (Å²) in [6, 6.07) is 10.8. The van der Waals surface area contributed by atoms with Crippen LogP contribution >= 0.6 is 0 Å². The number of rotatable bonds is 4. The first kappa shape index (κ1) is 11.3. The second-order valence-electron chi connectivity index (χ2n) is 3.48. The topological polar surface area (TPSA) is 81.3 Å². The molecule has 2 aromatic rings. The van der Waals surface area contributed by atoms with Gasteiger partial charge < -0.3 is 15.6 Å². The second kappa shape index (κ2) is 5.27. The van der Waals surface area contributed by atoms with Crippen LogP contribution in [0.2, 0.25) is 0 Å². The van der Waals surface area contributed by atoms with Crippen molar-refractivity contribution in [1.29, 1.82) is 0 Å². The van der Waals surface area contributed by atoms with Crippen molar-refractivity contribution in [3.05, 3.63) is 42.0 Å². The van der Waals surface area contributed by atoms with Gasteiger partial charge >= 0.3 is 0 Å². The maximum absolute atomic E-state index is 8.95. The van der Waals surface area contributed by atoms with Gasteiger partial charge in [-0.2, -0.15) is 0 Å². The Morgan fingerprint density at radius 1 is 1.12 bits per heavy atom. The highest BCUT2D eigenvalue weighted by atomic mass is 16.5. The third kappa shape index (κ3) is 2.92. The van der Waals surface area contributed by atoms with E-state index in [1.54, 1.807) is 12.1 Å². The van der Waals surface area contributed by atoms with Gasteiger partial charge in [0.25, 0.3) is 0 Å². The van der Waals surface area contributed by atoms with E-state index >= 15 is 0 Å². The fraction of sp³-hybridized carbons (Fsp3) is 0.167. The lowest BCUT2D eigenvalue weighted by molar-refractivity contribution is 0.297. The van der Waals surface area contributed by atoms with E-state index in [9.17, 15) is 0 Å². The Bertz CT molecular complexity index is 485. The van der Waals surface area contributed by atoms with Crippen LogP contribution in [0.15, 0.2) is 36.4 Å². The first-order chi connectivity index (χ1) is 8.29. The number of ether oxygens (including phenoxy) is 1. The normalized spacial score (nSPS) is 10.2. The highest BCUT2D eigenvalue weighted by Crippen LogP contribution is 2.23. The largest absolute Gasteiger partial charge is 0.437 e. The van der Waals surface area contributed by atoms with Gasteiger partial charge in [-0.25, -0.2) is 0 Å². The number of nitrogens with two attached hydrogens (primary N) is 1. The van der Waals surface area contributed by atoms with Crippen molar-refractivity contribution in [2.45, 2.75) is 6.42 Å². The SMILES string of the molecule is Nc1ccc(Oc2ccccc2CCO)nn1. The monoisotopic (exact) mass is 231 g/mol. The predicted octanol–water partition coefficient (Wildman–Crippen LogP) is 1.39. The minimum atomic E-state index is 0.0772. The lowest BCUT2D eigenvalue weighted by atomic mass is 10.1. The molecule has 17 heavy (non-hydrogen) atoms. The van der Waals surface area contributed by atoms with Crippen molar-refractivity contribution < 1.29 is 9.84 Å². The van der Waals surface area contributed by atoms with E-state index in [0.29, 0.717) is 23.9 Å². The minimum Gasteiger partial charge on any atom is -0.437 e. The van der Waals surface area contributed by atoms with Gasteiger partial charge in [-0.3, -0.25) is 0 Å². The summed E-state index contributed by atoms with van der Waals surface area (Å²) < 4.78 is 5.58. The van der Waals surface area contributed by atoms with E-state index in [2.05, 4.69) is 10.2 Å². The lowest BCUT2D eigenvalue weighted by Gasteiger charge is -2.08. The summed E-state index contributed by atoms with van der Waals surface area (Å²) in [5, 5.41) is 16.5. The summed E-state index contributed by atoms with van der Waals surface area (Å²) >= 11 is 0. The molecule has 2 rings (SSSR count). The molecule has 0 saturated heterocycles. The van der Waals surface area contributed by atoms with Crippen molar-refractivity contribution in [3.8, 4) is 11.6 Å². The predicted molar refractivity (Wildman–Crippen MR) is 63.8 cm³/mol.